The summed E-state index contributed by atoms with van der Waals surface area (Å²) in [5.74, 6) is 0.206. The van der Waals surface area contributed by atoms with Crippen LogP contribution in [0.3, 0.4) is 0 Å². The first-order chi connectivity index (χ1) is 4.72. The summed E-state index contributed by atoms with van der Waals surface area (Å²) in [6, 6.07) is 0.0926. The number of rotatable bonds is 1. The second kappa shape index (κ2) is 6.52. The van der Waals surface area contributed by atoms with Gasteiger partial charge >= 0.3 is 0 Å². The van der Waals surface area contributed by atoms with Crippen molar-refractivity contribution in [3.63, 3.8) is 0 Å². The molecule has 1 rings (SSSR count). The molecule has 12 heavy (non-hydrogen) atoms. The van der Waals surface area contributed by atoms with E-state index in [4.69, 9.17) is 0 Å². The van der Waals surface area contributed by atoms with Crippen LogP contribution in [-0.2, 0) is 4.79 Å². The van der Waals surface area contributed by atoms with Crippen LogP contribution in [0.15, 0.2) is 0 Å². The zero-order valence-corrected chi connectivity index (χ0v) is 9.00. The van der Waals surface area contributed by atoms with E-state index >= 15 is 0 Å². The predicted molar refractivity (Wildman–Crippen MR) is 54.2 cm³/mol. The summed E-state index contributed by atoms with van der Waals surface area (Å²) >= 11 is 0. The van der Waals surface area contributed by atoms with E-state index in [2.05, 4.69) is 5.32 Å². The van der Waals surface area contributed by atoms with Crippen LogP contribution < -0.4 is 5.32 Å². The third-order valence-electron chi connectivity index (χ3n) is 1.80. The van der Waals surface area contributed by atoms with Crippen molar-refractivity contribution in [1.82, 2.24) is 10.2 Å². The van der Waals surface area contributed by atoms with Crippen LogP contribution in [0.1, 0.15) is 12.8 Å². The molecule has 1 saturated heterocycles. The fourth-order valence-electron chi connectivity index (χ4n) is 1.21. The lowest BCUT2D eigenvalue weighted by Crippen LogP contribution is -2.39. The lowest BCUT2D eigenvalue weighted by molar-refractivity contribution is -0.130. The summed E-state index contributed by atoms with van der Waals surface area (Å²) in [5.41, 5.74) is 0. The average Bonchev–Trinajstić information content (AvgIpc) is 2.36. The minimum absolute atomic E-state index is 0. The molecule has 1 unspecified atom stereocenters. The van der Waals surface area contributed by atoms with Gasteiger partial charge in [-0.1, -0.05) is 0 Å². The molecule has 0 radical (unpaired) electrons. The van der Waals surface area contributed by atoms with Crippen molar-refractivity contribution < 1.29 is 4.79 Å². The number of halogens is 2. The van der Waals surface area contributed by atoms with Gasteiger partial charge in [0.05, 0.1) is 6.04 Å². The van der Waals surface area contributed by atoms with Crippen LogP contribution in [0.4, 0.5) is 0 Å². The summed E-state index contributed by atoms with van der Waals surface area (Å²) in [6.07, 6.45) is 2.13. The second-order valence-electron chi connectivity index (χ2n) is 2.88. The molecule has 5 heteroatoms. The molecule has 74 valence electrons. The van der Waals surface area contributed by atoms with Gasteiger partial charge in [-0.15, -0.1) is 24.8 Å². The van der Waals surface area contributed by atoms with E-state index in [0.717, 1.165) is 19.4 Å². The SMILES string of the molecule is CN(C)C(=O)C1CCCN1.Cl.Cl. The molecule has 3 nitrogen and oxygen atoms in total. The van der Waals surface area contributed by atoms with Crippen molar-refractivity contribution in [3.8, 4) is 0 Å². The summed E-state index contributed by atoms with van der Waals surface area (Å²) in [5, 5.41) is 3.15. The molecular formula is C7H16Cl2N2O. The Labute approximate surface area is 85.7 Å². The fourth-order valence-corrected chi connectivity index (χ4v) is 1.21. The molecule has 0 aromatic rings. The van der Waals surface area contributed by atoms with Gasteiger partial charge in [0.1, 0.15) is 0 Å². The van der Waals surface area contributed by atoms with Crippen molar-refractivity contribution in [2.45, 2.75) is 18.9 Å². The van der Waals surface area contributed by atoms with Crippen molar-refractivity contribution in [2.24, 2.45) is 0 Å². The Kier molecular flexibility index (Phi) is 7.89. The topological polar surface area (TPSA) is 32.3 Å². The lowest BCUT2D eigenvalue weighted by atomic mass is 10.2. The van der Waals surface area contributed by atoms with E-state index in [1.165, 1.54) is 0 Å². The summed E-state index contributed by atoms with van der Waals surface area (Å²) < 4.78 is 0. The molecule has 0 saturated carbocycles. The first-order valence-electron chi connectivity index (χ1n) is 3.66. The normalized spacial score (nSPS) is 20.7. The van der Waals surface area contributed by atoms with Crippen molar-refractivity contribution in [3.05, 3.63) is 0 Å². The van der Waals surface area contributed by atoms with Gasteiger partial charge in [0.15, 0.2) is 0 Å². The maximum atomic E-state index is 11.2. The first-order valence-corrected chi connectivity index (χ1v) is 3.66. The third-order valence-corrected chi connectivity index (χ3v) is 1.80. The molecule has 1 aliphatic heterocycles. The van der Waals surface area contributed by atoms with E-state index in [9.17, 15) is 4.79 Å². The standard InChI is InChI=1S/C7H14N2O.2ClH/c1-9(2)7(10)6-4-3-5-8-6;;/h6,8H,3-5H2,1-2H3;2*1H. The highest BCUT2D eigenvalue weighted by atomic mass is 35.5. The zero-order valence-electron chi connectivity index (χ0n) is 7.37. The van der Waals surface area contributed by atoms with E-state index in [0.29, 0.717) is 0 Å². The molecule has 0 aromatic carbocycles. The Hall–Kier alpha value is 0.01000. The van der Waals surface area contributed by atoms with Gasteiger partial charge in [-0.3, -0.25) is 4.79 Å². The first kappa shape index (κ1) is 14.5. The summed E-state index contributed by atoms with van der Waals surface area (Å²) in [4.78, 5) is 12.9. The Morgan fingerprint density at radius 2 is 2.00 bits per heavy atom. The van der Waals surface area contributed by atoms with Crippen molar-refractivity contribution >= 4 is 30.7 Å². The van der Waals surface area contributed by atoms with Crippen LogP contribution >= 0.6 is 24.8 Å². The molecule has 1 amide bonds. The maximum Gasteiger partial charge on any atom is 0.239 e. The van der Waals surface area contributed by atoms with Crippen LogP contribution in [0.2, 0.25) is 0 Å². The van der Waals surface area contributed by atoms with Crippen LogP contribution in [0, 0.1) is 0 Å². The fraction of sp³-hybridized carbons (Fsp3) is 0.857. The largest absolute Gasteiger partial charge is 0.347 e. The average molecular weight is 215 g/mol. The van der Waals surface area contributed by atoms with Gasteiger partial charge in [0.2, 0.25) is 5.91 Å². The monoisotopic (exact) mass is 214 g/mol. The van der Waals surface area contributed by atoms with Gasteiger partial charge in [0, 0.05) is 14.1 Å². The molecular weight excluding hydrogens is 199 g/mol. The van der Waals surface area contributed by atoms with Crippen LogP contribution in [0.5, 0.6) is 0 Å². The quantitative estimate of drug-likeness (QED) is 0.697. The van der Waals surface area contributed by atoms with E-state index in [1.54, 1.807) is 19.0 Å². The molecule has 1 fully saturated rings. The van der Waals surface area contributed by atoms with Gasteiger partial charge in [-0.05, 0) is 19.4 Å². The lowest BCUT2D eigenvalue weighted by Gasteiger charge is -2.15. The number of amides is 1. The molecule has 1 aliphatic rings. The molecule has 0 aliphatic carbocycles. The van der Waals surface area contributed by atoms with Gasteiger partial charge in [-0.2, -0.15) is 0 Å². The van der Waals surface area contributed by atoms with Gasteiger partial charge in [0.25, 0.3) is 0 Å². The highest BCUT2D eigenvalue weighted by Gasteiger charge is 2.22. The molecule has 0 bridgehead atoms. The smallest absolute Gasteiger partial charge is 0.239 e. The molecule has 1 heterocycles. The highest BCUT2D eigenvalue weighted by Crippen LogP contribution is 2.06. The number of hydrogen-bond donors (Lipinski definition) is 1. The van der Waals surface area contributed by atoms with Crippen molar-refractivity contribution in [2.75, 3.05) is 20.6 Å². The van der Waals surface area contributed by atoms with Gasteiger partial charge < -0.3 is 10.2 Å². The highest BCUT2D eigenvalue weighted by molar-refractivity contribution is 5.85. The number of carbonyl (C=O) groups excluding carboxylic acids is 1. The van der Waals surface area contributed by atoms with Crippen LogP contribution in [-0.4, -0.2) is 37.5 Å². The number of nitrogens with zero attached hydrogens (tertiary/aromatic N) is 1. The maximum absolute atomic E-state index is 11.2. The van der Waals surface area contributed by atoms with Crippen molar-refractivity contribution in [1.29, 1.82) is 0 Å². The number of likely N-dealkylation sites (N-methyl/N-ethyl adjacent to an activating group) is 1. The second-order valence-corrected chi connectivity index (χ2v) is 2.88. The number of nitrogens with one attached hydrogen (secondary N) is 1. The summed E-state index contributed by atoms with van der Waals surface area (Å²) in [6.45, 7) is 0.990. The Morgan fingerprint density at radius 1 is 1.42 bits per heavy atom. The zero-order chi connectivity index (χ0) is 7.56. The van der Waals surface area contributed by atoms with Gasteiger partial charge in [-0.25, -0.2) is 0 Å². The minimum atomic E-state index is 0. The number of carbonyl (C=O) groups is 1. The van der Waals surface area contributed by atoms with E-state index in [-0.39, 0.29) is 36.8 Å². The predicted octanol–water partition coefficient (Wildman–Crippen LogP) is 0.670. The van der Waals surface area contributed by atoms with E-state index in [1.807, 2.05) is 0 Å². The Morgan fingerprint density at radius 3 is 2.33 bits per heavy atom. The Bertz CT molecular complexity index is 135. The third kappa shape index (κ3) is 3.61. The van der Waals surface area contributed by atoms with Crippen LogP contribution in [0.25, 0.3) is 0 Å². The number of hydrogen-bond acceptors (Lipinski definition) is 2. The summed E-state index contributed by atoms with van der Waals surface area (Å²) in [7, 11) is 3.59. The van der Waals surface area contributed by atoms with E-state index < -0.39 is 0 Å². The molecule has 1 atom stereocenters. The molecule has 0 aromatic heterocycles. The minimum Gasteiger partial charge on any atom is -0.347 e. The molecule has 0 spiro atoms. The molecule has 1 N–H and O–H groups in total. The Balaban J connectivity index is 0.